The van der Waals surface area contributed by atoms with E-state index in [1.54, 1.807) is 24.3 Å². The second kappa shape index (κ2) is 7.22. The Kier molecular flexibility index (Phi) is 5.11. The zero-order chi connectivity index (χ0) is 26.7. The molecule has 0 amide bonds. The molecule has 0 aromatic heterocycles. The van der Waals surface area contributed by atoms with E-state index in [0.717, 1.165) is 11.1 Å². The lowest BCUT2D eigenvalue weighted by molar-refractivity contribution is 0.332. The van der Waals surface area contributed by atoms with Gasteiger partial charge in [0.1, 0.15) is 0 Å². The van der Waals surface area contributed by atoms with Crippen molar-refractivity contribution in [1.82, 2.24) is 0 Å². The first-order chi connectivity index (χ1) is 16.3. The molecule has 0 radical (unpaired) electrons. The Morgan fingerprint density at radius 3 is 1.14 bits per heavy atom. The van der Waals surface area contributed by atoms with Crippen LogP contribution in [0.2, 0.25) is 0 Å². The third-order valence-corrected chi connectivity index (χ3v) is 12.6. The van der Waals surface area contributed by atoms with Crippen LogP contribution < -0.4 is 0 Å². The quantitative estimate of drug-likeness (QED) is 0.453. The van der Waals surface area contributed by atoms with Gasteiger partial charge in [0.25, 0.3) is 0 Å². The first-order valence-corrected chi connectivity index (χ1v) is 15.5. The van der Waals surface area contributed by atoms with E-state index in [1.165, 1.54) is 0 Å². The fourth-order valence-corrected chi connectivity index (χ4v) is 10.0. The normalized spacial score (nSPS) is 29.6. The van der Waals surface area contributed by atoms with Gasteiger partial charge < -0.3 is 0 Å². The van der Waals surface area contributed by atoms with Crippen LogP contribution in [0.25, 0.3) is 0 Å². The fourth-order valence-electron chi connectivity index (χ4n) is 6.26. The van der Waals surface area contributed by atoms with E-state index in [0.29, 0.717) is 9.81 Å². The molecule has 6 heteroatoms. The molecule has 2 aromatic carbocycles. The largest absolute Gasteiger partial charge is 0.219 e. The highest BCUT2D eigenvalue weighted by atomic mass is 32.2. The molecule has 0 saturated heterocycles. The molecule has 0 aliphatic heterocycles. The topological polar surface area (TPSA) is 68.3 Å². The van der Waals surface area contributed by atoms with E-state index >= 15 is 0 Å². The number of fused-ring (bicyclic) bond motifs is 1. The van der Waals surface area contributed by atoms with E-state index in [4.69, 9.17) is 0 Å². The van der Waals surface area contributed by atoms with Crippen LogP contribution in [-0.2, 0) is 30.5 Å². The van der Waals surface area contributed by atoms with Crippen LogP contribution in [0.15, 0.2) is 80.3 Å². The predicted molar refractivity (Wildman–Crippen MR) is 144 cm³/mol. The molecule has 0 spiro atoms. The lowest BCUT2D eigenvalue weighted by Gasteiger charge is -2.24. The highest BCUT2D eigenvalue weighted by Crippen LogP contribution is 2.82. The average molecular weight is 525 g/mol. The van der Waals surface area contributed by atoms with Gasteiger partial charge in [-0.05, 0) is 51.6 Å². The maximum atomic E-state index is 13.8. The minimum absolute atomic E-state index is 0.0746. The van der Waals surface area contributed by atoms with E-state index < -0.39 is 30.5 Å². The van der Waals surface area contributed by atoms with Crippen molar-refractivity contribution in [2.75, 3.05) is 0 Å². The van der Waals surface area contributed by atoms with Crippen LogP contribution in [0.3, 0.4) is 0 Å². The summed E-state index contributed by atoms with van der Waals surface area (Å²) in [5.41, 5.74) is 0.928. The van der Waals surface area contributed by atoms with Crippen molar-refractivity contribution in [3.63, 3.8) is 0 Å². The van der Waals surface area contributed by atoms with Crippen LogP contribution in [-0.4, -0.2) is 16.8 Å². The van der Waals surface area contributed by atoms with E-state index in [-0.39, 0.29) is 32.5 Å². The molecule has 4 nitrogen and oxygen atoms in total. The standard InChI is InChI=1S/C30H36O4S2/c1-27(2,3)19-9-13-21(14-10-19)35(31,32)23-17-29(7)18-24(26-25(23)30(26,29)8)36(33,34)22-15-11-20(12-16-22)28(4,5)6/h9-18,25-26H,1-8H3/t25-,26+,29?,30?. The molecule has 192 valence electrons. The minimum Gasteiger partial charge on any atom is -0.219 e. The molecule has 3 aliphatic rings. The number of allylic oxidation sites excluding steroid dienone is 4. The number of sulfone groups is 2. The SMILES string of the molecule is CC(C)(C)c1ccc(S(=O)(=O)C2=CC3(C)C=C(S(=O)(=O)c4ccc(C(C)(C)C)cc4)[C@H]4[C@@H]2C43C)cc1. The number of rotatable bonds is 4. The summed E-state index contributed by atoms with van der Waals surface area (Å²) in [5.74, 6) is -0.642. The predicted octanol–water partition coefficient (Wildman–Crippen LogP) is 6.58. The fraction of sp³-hybridized carbons (Fsp3) is 0.467. The molecular formula is C30H36O4S2. The van der Waals surface area contributed by atoms with Gasteiger partial charge in [-0.2, -0.15) is 0 Å². The summed E-state index contributed by atoms with van der Waals surface area (Å²) in [4.78, 5) is 1.27. The molecule has 0 bridgehead atoms. The highest BCUT2D eigenvalue weighted by molar-refractivity contribution is 7.96. The average Bonchev–Trinajstić information content (AvgIpc) is 3.29. The summed E-state index contributed by atoms with van der Waals surface area (Å²) in [6.07, 6.45) is 3.62. The Labute approximate surface area is 216 Å². The van der Waals surface area contributed by atoms with Crippen LogP contribution in [0.1, 0.15) is 66.5 Å². The maximum Gasteiger partial charge on any atom is 0.202 e. The minimum atomic E-state index is -3.73. The van der Waals surface area contributed by atoms with Crippen molar-refractivity contribution in [2.45, 2.75) is 76.0 Å². The van der Waals surface area contributed by atoms with Gasteiger partial charge in [0.05, 0.1) is 19.6 Å². The summed E-state index contributed by atoms with van der Waals surface area (Å²) < 4.78 is 55.0. The van der Waals surface area contributed by atoms with Gasteiger partial charge in [0.15, 0.2) is 0 Å². The van der Waals surface area contributed by atoms with Crippen molar-refractivity contribution in [3.05, 3.63) is 81.6 Å². The van der Waals surface area contributed by atoms with Crippen molar-refractivity contribution in [3.8, 4) is 0 Å². The van der Waals surface area contributed by atoms with Gasteiger partial charge in [-0.25, -0.2) is 16.8 Å². The summed E-state index contributed by atoms with van der Waals surface area (Å²) in [7, 11) is -7.47. The Hall–Kier alpha value is -2.18. The molecular weight excluding hydrogens is 488 g/mol. The zero-order valence-electron chi connectivity index (χ0n) is 22.4. The lowest BCUT2D eigenvalue weighted by atomic mass is 9.79. The number of hydrogen-bond donors (Lipinski definition) is 0. The second-order valence-corrected chi connectivity index (χ2v) is 17.1. The zero-order valence-corrected chi connectivity index (χ0v) is 24.0. The molecule has 36 heavy (non-hydrogen) atoms. The maximum absolute atomic E-state index is 13.8. The third-order valence-electron chi connectivity index (χ3n) is 8.86. The Morgan fingerprint density at radius 1 is 0.583 bits per heavy atom. The Morgan fingerprint density at radius 2 is 0.889 bits per heavy atom. The Balaban J connectivity index is 1.49. The summed E-state index contributed by atoms with van der Waals surface area (Å²) in [6.45, 7) is 16.6. The second-order valence-electron chi connectivity index (χ2n) is 13.2. The van der Waals surface area contributed by atoms with Gasteiger partial charge in [-0.3, -0.25) is 0 Å². The van der Waals surface area contributed by atoms with Crippen LogP contribution in [0, 0.1) is 22.7 Å². The molecule has 2 aromatic rings. The first-order valence-electron chi connectivity index (χ1n) is 12.5. The molecule has 0 heterocycles. The van der Waals surface area contributed by atoms with Crippen LogP contribution in [0.5, 0.6) is 0 Å². The van der Waals surface area contributed by atoms with Gasteiger partial charge in [-0.1, -0.05) is 91.8 Å². The lowest BCUT2D eigenvalue weighted by Crippen LogP contribution is -2.18. The molecule has 1 fully saturated rings. The molecule has 0 N–H and O–H groups in total. The molecule has 1 saturated carbocycles. The van der Waals surface area contributed by atoms with Crippen LogP contribution in [0.4, 0.5) is 0 Å². The molecule has 2 unspecified atom stereocenters. The third kappa shape index (κ3) is 3.36. The number of hydrogen-bond acceptors (Lipinski definition) is 4. The van der Waals surface area contributed by atoms with Crippen LogP contribution >= 0.6 is 0 Å². The van der Waals surface area contributed by atoms with Crippen molar-refractivity contribution >= 4 is 19.7 Å². The highest BCUT2D eigenvalue weighted by Gasteiger charge is 2.80. The number of benzene rings is 2. The summed E-state index contributed by atoms with van der Waals surface area (Å²) in [5, 5.41) is 0. The van der Waals surface area contributed by atoms with Gasteiger partial charge in [-0.15, -0.1) is 0 Å². The first kappa shape index (κ1) is 25.5. The van der Waals surface area contributed by atoms with Gasteiger partial charge in [0, 0.05) is 17.3 Å². The Bertz CT molecular complexity index is 1410. The summed E-state index contributed by atoms with van der Waals surface area (Å²) in [6, 6.07) is 14.2. The molecule has 5 rings (SSSR count). The van der Waals surface area contributed by atoms with Crippen molar-refractivity contribution < 1.29 is 16.8 Å². The summed E-state index contributed by atoms with van der Waals surface area (Å²) >= 11 is 0. The van der Waals surface area contributed by atoms with Gasteiger partial charge >= 0.3 is 0 Å². The van der Waals surface area contributed by atoms with E-state index in [9.17, 15) is 16.8 Å². The smallest absolute Gasteiger partial charge is 0.202 e. The molecule has 4 atom stereocenters. The van der Waals surface area contributed by atoms with E-state index in [1.807, 2.05) is 50.3 Å². The molecule has 3 aliphatic carbocycles. The van der Waals surface area contributed by atoms with E-state index in [2.05, 4.69) is 41.5 Å². The van der Waals surface area contributed by atoms with Gasteiger partial charge in [0.2, 0.25) is 19.7 Å². The van der Waals surface area contributed by atoms with Crippen molar-refractivity contribution in [2.24, 2.45) is 22.7 Å². The van der Waals surface area contributed by atoms with Crippen molar-refractivity contribution in [1.29, 1.82) is 0 Å². The monoisotopic (exact) mass is 524 g/mol.